The van der Waals surface area contributed by atoms with Crippen molar-refractivity contribution in [3.63, 3.8) is 0 Å². The number of carbonyl (C=O) groups excluding carboxylic acids is 1. The fraction of sp³-hybridized carbons (Fsp3) is 0.182. The van der Waals surface area contributed by atoms with Crippen molar-refractivity contribution in [3.05, 3.63) is 88.4 Å². The summed E-state index contributed by atoms with van der Waals surface area (Å²) in [5, 5.41) is 8.73. The third-order valence-electron chi connectivity index (χ3n) is 4.55. The summed E-state index contributed by atoms with van der Waals surface area (Å²) in [5.41, 5.74) is 3.38. The summed E-state index contributed by atoms with van der Waals surface area (Å²) in [6.07, 6.45) is 0.832. The van der Waals surface area contributed by atoms with Gasteiger partial charge in [0.25, 0.3) is 5.91 Å². The number of nitrogens with one attached hydrogen (secondary N) is 1. The predicted molar refractivity (Wildman–Crippen MR) is 110 cm³/mol. The van der Waals surface area contributed by atoms with E-state index in [1.807, 2.05) is 54.1 Å². The Labute approximate surface area is 162 Å². The van der Waals surface area contributed by atoms with E-state index in [9.17, 15) is 4.79 Å². The molecule has 4 nitrogen and oxygen atoms in total. The summed E-state index contributed by atoms with van der Waals surface area (Å²) in [7, 11) is 0. The van der Waals surface area contributed by atoms with Crippen molar-refractivity contribution in [3.8, 4) is 0 Å². The van der Waals surface area contributed by atoms with Crippen molar-refractivity contribution < 1.29 is 4.79 Å². The molecule has 27 heavy (non-hydrogen) atoms. The number of thiophene rings is 1. The van der Waals surface area contributed by atoms with Gasteiger partial charge in [0.15, 0.2) is 0 Å². The maximum absolute atomic E-state index is 12.6. The molecule has 0 saturated carbocycles. The highest BCUT2D eigenvalue weighted by molar-refractivity contribution is 7.20. The molecule has 0 aliphatic rings. The molecule has 0 aliphatic heterocycles. The number of hydrogen-bond acceptors (Lipinski definition) is 3. The summed E-state index contributed by atoms with van der Waals surface area (Å²) in [6.45, 7) is 3.33. The first-order chi connectivity index (χ1) is 13.2. The van der Waals surface area contributed by atoms with Crippen molar-refractivity contribution in [2.45, 2.75) is 19.9 Å². The Morgan fingerprint density at radius 2 is 1.70 bits per heavy atom. The topological polar surface area (TPSA) is 46.9 Å². The van der Waals surface area contributed by atoms with E-state index in [1.165, 1.54) is 22.5 Å². The van der Waals surface area contributed by atoms with Gasteiger partial charge in [0.05, 0.1) is 17.1 Å². The third-order valence-corrected chi connectivity index (χ3v) is 5.70. The second-order valence-corrected chi connectivity index (χ2v) is 7.58. The standard InChI is InChI=1S/C22H21N3OS/c1-16-19-14-20(21(26)23-13-12-17-8-4-2-5-9-17)27-22(19)25(24-16)15-18-10-6-3-7-11-18/h2-11,14H,12-13,15H2,1H3,(H,23,26). The number of benzene rings is 2. The molecule has 0 radical (unpaired) electrons. The highest BCUT2D eigenvalue weighted by Crippen LogP contribution is 2.28. The molecule has 0 atom stereocenters. The summed E-state index contributed by atoms with van der Waals surface area (Å²) in [5.74, 6) is -0.0159. The molecular weight excluding hydrogens is 354 g/mol. The van der Waals surface area contributed by atoms with Crippen LogP contribution in [0.15, 0.2) is 66.7 Å². The molecule has 1 amide bonds. The van der Waals surface area contributed by atoms with Gasteiger partial charge in [-0.3, -0.25) is 9.48 Å². The van der Waals surface area contributed by atoms with Gasteiger partial charge in [-0.15, -0.1) is 11.3 Å². The predicted octanol–water partition coefficient (Wildman–Crippen LogP) is 4.43. The lowest BCUT2D eigenvalue weighted by Crippen LogP contribution is -2.24. The average molecular weight is 375 g/mol. The van der Waals surface area contributed by atoms with E-state index in [2.05, 4.69) is 34.7 Å². The van der Waals surface area contributed by atoms with Crippen LogP contribution in [0.25, 0.3) is 10.2 Å². The van der Waals surface area contributed by atoms with E-state index in [0.717, 1.165) is 27.2 Å². The molecule has 4 rings (SSSR count). The van der Waals surface area contributed by atoms with Crippen molar-refractivity contribution in [1.29, 1.82) is 0 Å². The number of amides is 1. The minimum atomic E-state index is -0.0159. The van der Waals surface area contributed by atoms with E-state index >= 15 is 0 Å². The minimum absolute atomic E-state index is 0.0159. The normalized spacial score (nSPS) is 11.0. The zero-order chi connectivity index (χ0) is 18.6. The molecule has 1 N–H and O–H groups in total. The Balaban J connectivity index is 1.48. The molecule has 136 valence electrons. The summed E-state index contributed by atoms with van der Waals surface area (Å²) < 4.78 is 1.99. The van der Waals surface area contributed by atoms with E-state index in [4.69, 9.17) is 0 Å². The molecule has 2 aromatic carbocycles. The fourth-order valence-corrected chi connectivity index (χ4v) is 4.22. The molecule has 0 spiro atoms. The van der Waals surface area contributed by atoms with Gasteiger partial charge in [-0.25, -0.2) is 0 Å². The third kappa shape index (κ3) is 3.93. The van der Waals surface area contributed by atoms with Crippen LogP contribution in [-0.4, -0.2) is 22.2 Å². The van der Waals surface area contributed by atoms with Gasteiger partial charge in [-0.2, -0.15) is 5.10 Å². The van der Waals surface area contributed by atoms with Gasteiger partial charge in [-0.1, -0.05) is 60.7 Å². The number of hydrogen-bond donors (Lipinski definition) is 1. The van der Waals surface area contributed by atoms with E-state index in [-0.39, 0.29) is 5.91 Å². The quantitative estimate of drug-likeness (QED) is 0.542. The number of aromatic nitrogens is 2. The van der Waals surface area contributed by atoms with Crippen molar-refractivity contribution >= 4 is 27.5 Å². The lowest BCUT2D eigenvalue weighted by atomic mass is 10.1. The number of nitrogens with zero attached hydrogens (tertiary/aromatic N) is 2. The fourth-order valence-electron chi connectivity index (χ4n) is 3.14. The van der Waals surface area contributed by atoms with Gasteiger partial charge in [-0.05, 0) is 30.5 Å². The number of fused-ring (bicyclic) bond motifs is 1. The largest absolute Gasteiger partial charge is 0.351 e. The first-order valence-electron chi connectivity index (χ1n) is 9.04. The Morgan fingerprint density at radius 1 is 1.04 bits per heavy atom. The monoisotopic (exact) mass is 375 g/mol. The van der Waals surface area contributed by atoms with Crippen LogP contribution in [-0.2, 0) is 13.0 Å². The maximum atomic E-state index is 12.6. The molecule has 0 fully saturated rings. The van der Waals surface area contributed by atoms with Gasteiger partial charge < -0.3 is 5.32 Å². The van der Waals surface area contributed by atoms with Gasteiger partial charge >= 0.3 is 0 Å². The van der Waals surface area contributed by atoms with Gasteiger partial charge in [0, 0.05) is 11.9 Å². The maximum Gasteiger partial charge on any atom is 0.261 e. The first kappa shape index (κ1) is 17.5. The van der Waals surface area contributed by atoms with E-state index < -0.39 is 0 Å². The minimum Gasteiger partial charge on any atom is -0.351 e. The van der Waals surface area contributed by atoms with Crippen LogP contribution in [0.3, 0.4) is 0 Å². The van der Waals surface area contributed by atoms with Crippen LogP contribution < -0.4 is 5.32 Å². The summed E-state index contributed by atoms with van der Waals surface area (Å²) >= 11 is 1.51. The SMILES string of the molecule is Cc1nn(Cc2ccccc2)c2sc(C(=O)NCCc3ccccc3)cc12. The second kappa shape index (κ2) is 7.76. The van der Waals surface area contributed by atoms with Crippen LogP contribution in [0.5, 0.6) is 0 Å². The molecule has 0 saturated heterocycles. The van der Waals surface area contributed by atoms with Crippen LogP contribution in [0.4, 0.5) is 0 Å². The summed E-state index contributed by atoms with van der Waals surface area (Å²) in [6, 6.07) is 22.4. The zero-order valence-electron chi connectivity index (χ0n) is 15.2. The molecule has 0 aliphatic carbocycles. The van der Waals surface area contributed by atoms with Gasteiger partial charge in [0.2, 0.25) is 0 Å². The smallest absolute Gasteiger partial charge is 0.261 e. The molecule has 0 bridgehead atoms. The Morgan fingerprint density at radius 3 is 2.41 bits per heavy atom. The first-order valence-corrected chi connectivity index (χ1v) is 9.85. The lowest BCUT2D eigenvalue weighted by molar-refractivity contribution is 0.0958. The number of carbonyl (C=O) groups is 1. The van der Waals surface area contributed by atoms with Crippen molar-refractivity contribution in [1.82, 2.24) is 15.1 Å². The van der Waals surface area contributed by atoms with Gasteiger partial charge in [0.1, 0.15) is 4.83 Å². The molecule has 2 heterocycles. The average Bonchev–Trinajstić information content (AvgIpc) is 3.25. The zero-order valence-corrected chi connectivity index (χ0v) is 16.0. The van der Waals surface area contributed by atoms with Crippen LogP contribution in [0.2, 0.25) is 0 Å². The Bertz CT molecular complexity index is 1050. The highest BCUT2D eigenvalue weighted by Gasteiger charge is 2.16. The van der Waals surface area contributed by atoms with Crippen molar-refractivity contribution in [2.75, 3.05) is 6.54 Å². The molecular formula is C22H21N3OS. The molecule has 4 aromatic rings. The molecule has 5 heteroatoms. The highest BCUT2D eigenvalue weighted by atomic mass is 32.1. The van der Waals surface area contributed by atoms with E-state index in [1.54, 1.807) is 0 Å². The summed E-state index contributed by atoms with van der Waals surface area (Å²) in [4.78, 5) is 14.3. The Hall–Kier alpha value is -2.92. The second-order valence-electron chi connectivity index (χ2n) is 6.55. The molecule has 2 aromatic heterocycles. The lowest BCUT2D eigenvalue weighted by Gasteiger charge is -2.04. The van der Waals surface area contributed by atoms with Crippen LogP contribution >= 0.6 is 11.3 Å². The molecule has 0 unspecified atom stereocenters. The Kier molecular flexibility index (Phi) is 5.03. The van der Waals surface area contributed by atoms with Crippen LogP contribution in [0.1, 0.15) is 26.5 Å². The number of rotatable bonds is 6. The van der Waals surface area contributed by atoms with Crippen LogP contribution in [0, 0.1) is 6.92 Å². The van der Waals surface area contributed by atoms with E-state index in [0.29, 0.717) is 13.1 Å². The number of aryl methyl sites for hydroxylation is 1. The van der Waals surface area contributed by atoms with Crippen molar-refractivity contribution in [2.24, 2.45) is 0 Å².